The normalized spacial score (nSPS) is 45.4. The predicted molar refractivity (Wildman–Crippen MR) is 123 cm³/mol. The minimum absolute atomic E-state index is 0.0381. The van der Waals surface area contributed by atoms with Crippen molar-refractivity contribution in [2.24, 2.45) is 34.5 Å². The SMILES string of the molecule is C/C=C1/CC[C@H]2[C@@H]3[C@H](OC(C)=O)C[C@@H]4C[C@H](OC(C)=O)CC[C@]4(C)[C@H]3C[C@@H](OC(C)=O)[C@]12C. The summed E-state index contributed by atoms with van der Waals surface area (Å²) in [5.74, 6) is 0.441. The minimum Gasteiger partial charge on any atom is -0.463 e. The molecule has 0 amide bonds. The Labute approximate surface area is 197 Å². The highest BCUT2D eigenvalue weighted by molar-refractivity contribution is 5.67. The number of ether oxygens (including phenoxy) is 3. The number of fused-ring (bicyclic) bond motifs is 5. The van der Waals surface area contributed by atoms with E-state index in [4.69, 9.17) is 14.2 Å². The van der Waals surface area contributed by atoms with Crippen molar-refractivity contribution in [2.75, 3.05) is 0 Å². The topological polar surface area (TPSA) is 78.9 Å². The Morgan fingerprint density at radius 1 is 0.879 bits per heavy atom. The van der Waals surface area contributed by atoms with Gasteiger partial charge < -0.3 is 14.2 Å². The lowest BCUT2D eigenvalue weighted by Crippen LogP contribution is -2.62. The van der Waals surface area contributed by atoms with Crippen LogP contribution in [0, 0.1) is 34.5 Å². The third kappa shape index (κ3) is 4.01. The molecule has 6 heteroatoms. The standard InChI is InChI=1S/C27H40O6/c1-7-18-8-9-21-25-22(14-24(27(18,21)6)33-17(4)30)26(5)11-10-20(31-15(2)28)12-19(26)13-23(25)32-16(3)29/h7,19-25H,8-14H2,1-6H3/b18-7-/t19-,20+,21-,22-,23+,24+,25-,26-,27+/m0/s1. The first-order valence-electron chi connectivity index (χ1n) is 12.7. The summed E-state index contributed by atoms with van der Waals surface area (Å²) in [4.78, 5) is 35.9. The number of rotatable bonds is 3. The van der Waals surface area contributed by atoms with E-state index in [0.29, 0.717) is 11.8 Å². The number of hydrogen-bond acceptors (Lipinski definition) is 6. The molecular weight excluding hydrogens is 420 g/mol. The summed E-state index contributed by atoms with van der Waals surface area (Å²) in [6.07, 6.45) is 8.06. The van der Waals surface area contributed by atoms with E-state index in [1.54, 1.807) is 0 Å². The zero-order chi connectivity index (χ0) is 24.1. The van der Waals surface area contributed by atoms with E-state index < -0.39 is 0 Å². The lowest BCUT2D eigenvalue weighted by Gasteiger charge is -2.63. The maximum atomic E-state index is 12.2. The maximum Gasteiger partial charge on any atom is 0.302 e. The highest BCUT2D eigenvalue weighted by atomic mass is 16.6. The molecule has 4 aliphatic carbocycles. The molecule has 0 aromatic heterocycles. The van der Waals surface area contributed by atoms with Gasteiger partial charge in [-0.2, -0.15) is 0 Å². The molecule has 184 valence electrons. The van der Waals surface area contributed by atoms with Gasteiger partial charge in [0, 0.05) is 32.1 Å². The predicted octanol–water partition coefficient (Wildman–Crippen LogP) is 4.99. The van der Waals surface area contributed by atoms with Crippen LogP contribution in [0.2, 0.25) is 0 Å². The van der Waals surface area contributed by atoms with Crippen LogP contribution >= 0.6 is 0 Å². The fraction of sp³-hybridized carbons (Fsp3) is 0.815. The molecule has 0 aliphatic heterocycles. The Balaban J connectivity index is 1.74. The second-order valence-electron chi connectivity index (χ2n) is 11.4. The average Bonchev–Trinajstić information content (AvgIpc) is 3.06. The van der Waals surface area contributed by atoms with Crippen LogP contribution in [0.5, 0.6) is 0 Å². The summed E-state index contributed by atoms with van der Waals surface area (Å²) in [7, 11) is 0. The van der Waals surface area contributed by atoms with Crippen molar-refractivity contribution in [3.05, 3.63) is 11.6 Å². The van der Waals surface area contributed by atoms with Gasteiger partial charge in [-0.1, -0.05) is 25.5 Å². The minimum atomic E-state index is -0.234. The van der Waals surface area contributed by atoms with E-state index in [9.17, 15) is 14.4 Å². The number of carbonyl (C=O) groups is 3. The van der Waals surface area contributed by atoms with E-state index in [0.717, 1.165) is 44.9 Å². The quantitative estimate of drug-likeness (QED) is 0.335. The Kier molecular flexibility index (Phi) is 6.43. The second kappa shape index (κ2) is 8.74. The summed E-state index contributed by atoms with van der Waals surface area (Å²) in [6, 6.07) is 0. The third-order valence-electron chi connectivity index (χ3n) is 9.84. The molecule has 0 heterocycles. The molecule has 0 saturated heterocycles. The Morgan fingerprint density at radius 2 is 1.55 bits per heavy atom. The highest BCUT2D eigenvalue weighted by Crippen LogP contribution is 2.68. The van der Waals surface area contributed by atoms with E-state index in [1.165, 1.54) is 26.3 Å². The van der Waals surface area contributed by atoms with Crippen LogP contribution in [-0.4, -0.2) is 36.2 Å². The molecule has 4 fully saturated rings. The Morgan fingerprint density at radius 3 is 2.15 bits per heavy atom. The van der Waals surface area contributed by atoms with Crippen LogP contribution in [-0.2, 0) is 28.6 Å². The largest absolute Gasteiger partial charge is 0.463 e. The van der Waals surface area contributed by atoms with Gasteiger partial charge in [-0.05, 0) is 75.0 Å². The lowest BCUT2D eigenvalue weighted by molar-refractivity contribution is -0.213. The van der Waals surface area contributed by atoms with Gasteiger partial charge in [-0.25, -0.2) is 0 Å². The van der Waals surface area contributed by atoms with Crippen LogP contribution in [0.1, 0.15) is 86.5 Å². The molecule has 9 atom stereocenters. The number of allylic oxidation sites excluding steroid dienone is 1. The van der Waals surface area contributed by atoms with Crippen LogP contribution in [0.15, 0.2) is 11.6 Å². The molecule has 0 aromatic carbocycles. The summed E-state index contributed by atoms with van der Waals surface area (Å²) in [5.41, 5.74) is 1.18. The molecule has 0 N–H and O–H groups in total. The van der Waals surface area contributed by atoms with E-state index in [1.807, 2.05) is 0 Å². The first-order valence-corrected chi connectivity index (χ1v) is 12.7. The van der Waals surface area contributed by atoms with Crippen molar-refractivity contribution in [3.63, 3.8) is 0 Å². The van der Waals surface area contributed by atoms with Gasteiger partial charge in [0.15, 0.2) is 0 Å². The monoisotopic (exact) mass is 460 g/mol. The first-order chi connectivity index (χ1) is 15.5. The summed E-state index contributed by atoms with van der Waals surface area (Å²) in [5, 5.41) is 0. The van der Waals surface area contributed by atoms with E-state index >= 15 is 0 Å². The maximum absolute atomic E-state index is 12.2. The van der Waals surface area contributed by atoms with Gasteiger partial charge in [-0.15, -0.1) is 0 Å². The first kappa shape index (κ1) is 24.3. The van der Waals surface area contributed by atoms with Crippen LogP contribution < -0.4 is 0 Å². The molecule has 0 radical (unpaired) electrons. The Hall–Kier alpha value is -1.85. The molecule has 0 bridgehead atoms. The van der Waals surface area contributed by atoms with Crippen LogP contribution in [0.4, 0.5) is 0 Å². The summed E-state index contributed by atoms with van der Waals surface area (Å²) < 4.78 is 17.7. The molecule has 0 aromatic rings. The number of carbonyl (C=O) groups excluding carboxylic acids is 3. The third-order valence-corrected chi connectivity index (χ3v) is 9.84. The van der Waals surface area contributed by atoms with Crippen molar-refractivity contribution >= 4 is 17.9 Å². The van der Waals surface area contributed by atoms with Gasteiger partial charge in [-0.3, -0.25) is 14.4 Å². The summed E-state index contributed by atoms with van der Waals surface area (Å²) in [6.45, 7) is 11.2. The second-order valence-corrected chi connectivity index (χ2v) is 11.4. The van der Waals surface area contributed by atoms with Gasteiger partial charge >= 0.3 is 17.9 Å². The van der Waals surface area contributed by atoms with Gasteiger partial charge in [0.25, 0.3) is 0 Å². The molecule has 6 nitrogen and oxygen atoms in total. The summed E-state index contributed by atoms with van der Waals surface area (Å²) >= 11 is 0. The number of esters is 3. The van der Waals surface area contributed by atoms with Crippen molar-refractivity contribution in [2.45, 2.75) is 105 Å². The molecule has 4 aliphatic rings. The molecule has 33 heavy (non-hydrogen) atoms. The van der Waals surface area contributed by atoms with Crippen molar-refractivity contribution in [1.82, 2.24) is 0 Å². The number of hydrogen-bond donors (Lipinski definition) is 0. The van der Waals surface area contributed by atoms with Gasteiger partial charge in [0.2, 0.25) is 0 Å². The zero-order valence-corrected chi connectivity index (χ0v) is 21.0. The van der Waals surface area contributed by atoms with Crippen molar-refractivity contribution in [1.29, 1.82) is 0 Å². The van der Waals surface area contributed by atoms with Crippen molar-refractivity contribution in [3.8, 4) is 0 Å². The average molecular weight is 461 g/mol. The van der Waals surface area contributed by atoms with Gasteiger partial charge in [0.05, 0.1) is 0 Å². The molecule has 4 saturated carbocycles. The van der Waals surface area contributed by atoms with E-state index in [2.05, 4.69) is 26.8 Å². The fourth-order valence-electron chi connectivity index (χ4n) is 8.48. The van der Waals surface area contributed by atoms with Gasteiger partial charge in [0.1, 0.15) is 18.3 Å². The molecular formula is C27H40O6. The highest BCUT2D eigenvalue weighted by Gasteiger charge is 2.66. The Bertz CT molecular complexity index is 848. The lowest BCUT2D eigenvalue weighted by atomic mass is 9.43. The molecule has 0 spiro atoms. The van der Waals surface area contributed by atoms with Crippen LogP contribution in [0.25, 0.3) is 0 Å². The molecule has 0 unspecified atom stereocenters. The van der Waals surface area contributed by atoms with Crippen molar-refractivity contribution < 1.29 is 28.6 Å². The fourth-order valence-corrected chi connectivity index (χ4v) is 8.48. The van der Waals surface area contributed by atoms with Crippen LogP contribution in [0.3, 0.4) is 0 Å². The zero-order valence-electron chi connectivity index (χ0n) is 21.0. The van der Waals surface area contributed by atoms with E-state index in [-0.39, 0.29) is 58.9 Å². The smallest absolute Gasteiger partial charge is 0.302 e. The molecule has 4 rings (SSSR count).